The van der Waals surface area contributed by atoms with Crippen molar-refractivity contribution in [2.24, 2.45) is 0 Å². The molecule has 2 aliphatic rings. The summed E-state index contributed by atoms with van der Waals surface area (Å²) in [4.78, 5) is 6.24. The third-order valence-electron chi connectivity index (χ3n) is 7.81. The van der Waals surface area contributed by atoms with Crippen LogP contribution in [0.1, 0.15) is 65.6 Å². The number of fused-ring (bicyclic) bond motifs is 2. The van der Waals surface area contributed by atoms with Gasteiger partial charge in [-0.2, -0.15) is 0 Å². The Morgan fingerprint density at radius 1 is 0.829 bits per heavy atom. The van der Waals surface area contributed by atoms with E-state index in [2.05, 4.69) is 71.4 Å². The van der Waals surface area contributed by atoms with Gasteiger partial charge in [0.15, 0.2) is 0 Å². The van der Waals surface area contributed by atoms with E-state index in [0.29, 0.717) is 5.75 Å². The number of aromatic nitrogens is 1. The SMILES string of the molecule is Cc1ccccc1C1=C(c2ccc3[nH]c(CN4CCCCC4)cc3c2)c2ccc(O)cc2CCC1. The summed E-state index contributed by atoms with van der Waals surface area (Å²) in [5, 5.41) is 11.5. The molecule has 6 rings (SSSR count). The first-order chi connectivity index (χ1) is 17.2. The molecule has 0 atom stereocenters. The highest BCUT2D eigenvalue weighted by Gasteiger charge is 2.22. The lowest BCUT2D eigenvalue weighted by Gasteiger charge is -2.25. The topological polar surface area (TPSA) is 39.3 Å². The fourth-order valence-corrected chi connectivity index (χ4v) is 6.08. The van der Waals surface area contributed by atoms with Gasteiger partial charge in [0.1, 0.15) is 5.75 Å². The Balaban J connectivity index is 1.48. The third kappa shape index (κ3) is 4.41. The van der Waals surface area contributed by atoms with Gasteiger partial charge in [-0.1, -0.05) is 42.8 Å². The molecule has 3 heteroatoms. The molecule has 1 aliphatic heterocycles. The maximum atomic E-state index is 10.2. The molecule has 0 amide bonds. The van der Waals surface area contributed by atoms with Gasteiger partial charge in [-0.25, -0.2) is 0 Å². The molecule has 2 N–H and O–H groups in total. The smallest absolute Gasteiger partial charge is 0.115 e. The average molecular weight is 463 g/mol. The molecule has 178 valence electrons. The number of hydrogen-bond donors (Lipinski definition) is 2. The number of hydrogen-bond acceptors (Lipinski definition) is 2. The molecule has 1 aromatic heterocycles. The largest absolute Gasteiger partial charge is 0.508 e. The molecule has 0 unspecified atom stereocenters. The Morgan fingerprint density at radius 2 is 1.69 bits per heavy atom. The molecule has 2 heterocycles. The van der Waals surface area contributed by atoms with Crippen LogP contribution in [0.2, 0.25) is 0 Å². The Bertz CT molecular complexity index is 1400. The van der Waals surface area contributed by atoms with Gasteiger partial charge in [0.25, 0.3) is 0 Å². The molecule has 0 bridgehead atoms. The second-order valence-corrected chi connectivity index (χ2v) is 10.3. The van der Waals surface area contributed by atoms with Gasteiger partial charge in [0, 0.05) is 23.1 Å². The maximum absolute atomic E-state index is 10.2. The number of benzene rings is 3. The van der Waals surface area contributed by atoms with E-state index in [1.54, 1.807) is 0 Å². The van der Waals surface area contributed by atoms with Gasteiger partial charge in [-0.3, -0.25) is 4.90 Å². The Hall–Kier alpha value is -3.30. The highest BCUT2D eigenvalue weighted by Crippen LogP contribution is 2.42. The number of rotatable bonds is 4. The lowest BCUT2D eigenvalue weighted by atomic mass is 9.86. The van der Waals surface area contributed by atoms with Crippen LogP contribution in [-0.4, -0.2) is 28.1 Å². The van der Waals surface area contributed by atoms with E-state index in [1.165, 1.54) is 87.9 Å². The molecule has 0 radical (unpaired) electrons. The number of piperidine rings is 1. The maximum Gasteiger partial charge on any atom is 0.115 e. The molecule has 3 aromatic carbocycles. The number of nitrogens with one attached hydrogen (secondary N) is 1. The van der Waals surface area contributed by atoms with E-state index in [9.17, 15) is 5.11 Å². The minimum Gasteiger partial charge on any atom is -0.508 e. The summed E-state index contributed by atoms with van der Waals surface area (Å²) in [6.07, 6.45) is 7.08. The number of aromatic hydroxyl groups is 1. The van der Waals surface area contributed by atoms with Crippen molar-refractivity contribution in [1.29, 1.82) is 0 Å². The average Bonchev–Trinajstić information content (AvgIpc) is 3.17. The molecule has 1 fully saturated rings. The number of aryl methyl sites for hydroxylation is 2. The minimum atomic E-state index is 0.353. The van der Waals surface area contributed by atoms with Gasteiger partial charge in [0.2, 0.25) is 0 Å². The van der Waals surface area contributed by atoms with Crippen molar-refractivity contribution in [2.45, 2.75) is 52.0 Å². The molecule has 4 aromatic rings. The van der Waals surface area contributed by atoms with Gasteiger partial charge in [0.05, 0.1) is 0 Å². The zero-order valence-corrected chi connectivity index (χ0v) is 20.6. The van der Waals surface area contributed by atoms with Crippen molar-refractivity contribution in [3.05, 3.63) is 100 Å². The Labute approximate surface area is 208 Å². The highest BCUT2D eigenvalue weighted by atomic mass is 16.3. The lowest BCUT2D eigenvalue weighted by molar-refractivity contribution is 0.219. The van der Waals surface area contributed by atoms with Gasteiger partial charge in [-0.15, -0.1) is 0 Å². The summed E-state index contributed by atoms with van der Waals surface area (Å²) in [7, 11) is 0. The van der Waals surface area contributed by atoms with E-state index in [0.717, 1.165) is 25.8 Å². The number of aromatic amines is 1. The molecule has 3 nitrogen and oxygen atoms in total. The first kappa shape index (κ1) is 22.2. The van der Waals surface area contributed by atoms with Crippen LogP contribution in [-0.2, 0) is 13.0 Å². The number of phenols is 1. The van der Waals surface area contributed by atoms with Gasteiger partial charge >= 0.3 is 0 Å². The van der Waals surface area contributed by atoms with E-state index < -0.39 is 0 Å². The minimum absolute atomic E-state index is 0.353. The summed E-state index contributed by atoms with van der Waals surface area (Å²) < 4.78 is 0. The molecule has 0 spiro atoms. The third-order valence-corrected chi connectivity index (χ3v) is 7.81. The number of H-pyrrole nitrogens is 1. The fraction of sp³-hybridized carbons (Fsp3) is 0.312. The quantitative estimate of drug-likeness (QED) is 0.330. The van der Waals surface area contributed by atoms with Crippen LogP contribution < -0.4 is 0 Å². The Morgan fingerprint density at radius 3 is 2.54 bits per heavy atom. The van der Waals surface area contributed by atoms with E-state index in [-0.39, 0.29) is 0 Å². The molecular weight excluding hydrogens is 428 g/mol. The normalized spacial score (nSPS) is 16.9. The zero-order chi connectivity index (χ0) is 23.8. The number of phenolic OH excluding ortho intramolecular Hbond substituents is 1. The summed E-state index contributed by atoms with van der Waals surface area (Å²) in [6.45, 7) is 5.63. The predicted molar refractivity (Wildman–Crippen MR) is 146 cm³/mol. The molecule has 35 heavy (non-hydrogen) atoms. The van der Waals surface area contributed by atoms with Crippen LogP contribution >= 0.6 is 0 Å². The van der Waals surface area contributed by atoms with Crippen molar-refractivity contribution < 1.29 is 5.11 Å². The second kappa shape index (κ2) is 9.39. The van der Waals surface area contributed by atoms with Crippen molar-refractivity contribution in [1.82, 2.24) is 9.88 Å². The summed E-state index contributed by atoms with van der Waals surface area (Å²) in [6, 6.07) is 23.9. The van der Waals surface area contributed by atoms with E-state index in [1.807, 2.05) is 12.1 Å². The van der Waals surface area contributed by atoms with Crippen LogP contribution in [0.25, 0.3) is 22.0 Å². The van der Waals surface area contributed by atoms with Crippen LogP contribution in [0.4, 0.5) is 0 Å². The Kier molecular flexibility index (Phi) is 5.95. The van der Waals surface area contributed by atoms with Crippen molar-refractivity contribution in [2.75, 3.05) is 13.1 Å². The number of allylic oxidation sites excluding steroid dienone is 1. The van der Waals surface area contributed by atoms with E-state index in [4.69, 9.17) is 0 Å². The van der Waals surface area contributed by atoms with E-state index >= 15 is 0 Å². The number of nitrogens with zero attached hydrogens (tertiary/aromatic N) is 1. The predicted octanol–water partition coefficient (Wildman–Crippen LogP) is 7.46. The summed E-state index contributed by atoms with van der Waals surface area (Å²) >= 11 is 0. The van der Waals surface area contributed by atoms with Crippen LogP contribution in [0.15, 0.2) is 66.7 Å². The zero-order valence-electron chi connectivity index (χ0n) is 20.6. The van der Waals surface area contributed by atoms with Crippen molar-refractivity contribution in [3.8, 4) is 5.75 Å². The summed E-state index contributed by atoms with van der Waals surface area (Å²) in [5.41, 5.74) is 11.6. The van der Waals surface area contributed by atoms with Crippen molar-refractivity contribution in [3.63, 3.8) is 0 Å². The molecular formula is C32H34N2O. The van der Waals surface area contributed by atoms with Crippen LogP contribution in [0, 0.1) is 6.92 Å². The van der Waals surface area contributed by atoms with Gasteiger partial charge < -0.3 is 10.1 Å². The monoisotopic (exact) mass is 462 g/mol. The second-order valence-electron chi connectivity index (χ2n) is 10.3. The standard InChI is InChI=1S/C32H34N2O/c1-22-8-3-4-10-28(22)30-11-7-9-23-20-27(35)13-14-29(23)32(30)24-12-15-31-25(18-24)19-26(33-31)21-34-16-5-2-6-17-34/h3-4,8,10,12-15,18-20,33,35H,2,5-7,9,11,16-17,21H2,1H3. The fourth-order valence-electron chi connectivity index (χ4n) is 6.08. The van der Waals surface area contributed by atoms with Crippen LogP contribution in [0.3, 0.4) is 0 Å². The molecule has 0 saturated carbocycles. The van der Waals surface area contributed by atoms with Crippen molar-refractivity contribution >= 4 is 22.0 Å². The summed E-state index contributed by atoms with van der Waals surface area (Å²) in [5.74, 6) is 0.353. The van der Waals surface area contributed by atoms with Gasteiger partial charge in [-0.05, 0) is 121 Å². The highest BCUT2D eigenvalue weighted by molar-refractivity contribution is 6.02. The first-order valence-electron chi connectivity index (χ1n) is 13.1. The molecule has 1 saturated heterocycles. The lowest BCUT2D eigenvalue weighted by Crippen LogP contribution is -2.29. The number of likely N-dealkylation sites (tertiary alicyclic amines) is 1. The first-order valence-corrected chi connectivity index (χ1v) is 13.1. The molecule has 1 aliphatic carbocycles. The van der Waals surface area contributed by atoms with Crippen LogP contribution in [0.5, 0.6) is 5.75 Å².